The van der Waals surface area contributed by atoms with Gasteiger partial charge in [0.05, 0.1) is 5.60 Å². The van der Waals surface area contributed by atoms with Crippen molar-refractivity contribution < 1.29 is 14.3 Å². The third-order valence-electron chi connectivity index (χ3n) is 3.43. The minimum atomic E-state index is -0.337. The third-order valence-corrected chi connectivity index (χ3v) is 3.43. The van der Waals surface area contributed by atoms with Gasteiger partial charge in [0.1, 0.15) is 6.61 Å². The quantitative estimate of drug-likeness (QED) is 0.866. The van der Waals surface area contributed by atoms with Crippen molar-refractivity contribution in [3.63, 3.8) is 0 Å². The lowest BCUT2D eigenvalue weighted by Crippen LogP contribution is -2.50. The molecule has 0 saturated carbocycles. The minimum absolute atomic E-state index is 0.0782. The van der Waals surface area contributed by atoms with E-state index in [9.17, 15) is 9.59 Å². The van der Waals surface area contributed by atoms with Crippen molar-refractivity contribution in [3.8, 4) is 0 Å². The van der Waals surface area contributed by atoms with Crippen LogP contribution in [0.4, 0.5) is 0 Å². The molecule has 1 aliphatic rings. The van der Waals surface area contributed by atoms with Crippen molar-refractivity contribution in [1.29, 1.82) is 0 Å². The van der Waals surface area contributed by atoms with Crippen LogP contribution in [-0.4, -0.2) is 48.1 Å². The maximum Gasteiger partial charge on any atom is 0.246 e. The van der Waals surface area contributed by atoms with E-state index in [1.807, 2.05) is 46.4 Å². The van der Waals surface area contributed by atoms with Crippen LogP contribution in [0.1, 0.15) is 54.4 Å². The van der Waals surface area contributed by atoms with Crippen molar-refractivity contribution in [3.05, 3.63) is 0 Å². The monoisotopic (exact) mass is 298 g/mol. The molecule has 21 heavy (non-hydrogen) atoms. The van der Waals surface area contributed by atoms with E-state index in [0.717, 1.165) is 12.8 Å². The molecule has 1 N–H and O–H groups in total. The van der Waals surface area contributed by atoms with Gasteiger partial charge < -0.3 is 15.0 Å². The first-order chi connectivity index (χ1) is 9.49. The molecule has 0 aromatic rings. The number of carbonyl (C=O) groups is 2. The number of piperidine rings is 1. The van der Waals surface area contributed by atoms with Crippen LogP contribution in [0.25, 0.3) is 0 Å². The van der Waals surface area contributed by atoms with E-state index < -0.39 is 0 Å². The topological polar surface area (TPSA) is 58.6 Å². The molecule has 0 spiro atoms. The van der Waals surface area contributed by atoms with Crippen molar-refractivity contribution in [2.24, 2.45) is 5.41 Å². The Bertz CT molecular complexity index is 372. The lowest BCUT2D eigenvalue weighted by molar-refractivity contribution is -0.140. The van der Waals surface area contributed by atoms with E-state index in [2.05, 4.69) is 5.32 Å². The molecule has 0 aromatic heterocycles. The van der Waals surface area contributed by atoms with E-state index in [4.69, 9.17) is 4.74 Å². The summed E-state index contributed by atoms with van der Waals surface area (Å²) >= 11 is 0. The largest absolute Gasteiger partial charge is 0.366 e. The standard InChI is InChI=1S/C16H30N2O3/c1-15(2,3)14(20)18-9-7-12(8-10-18)17-13(19)11-21-16(4,5)6/h12H,7-11H2,1-6H3,(H,17,19). The van der Waals surface area contributed by atoms with Gasteiger partial charge in [0.25, 0.3) is 0 Å². The maximum atomic E-state index is 12.2. The molecule has 122 valence electrons. The minimum Gasteiger partial charge on any atom is -0.366 e. The van der Waals surface area contributed by atoms with Crippen molar-refractivity contribution in [2.45, 2.75) is 66.0 Å². The Morgan fingerprint density at radius 3 is 2.05 bits per heavy atom. The summed E-state index contributed by atoms with van der Waals surface area (Å²) in [4.78, 5) is 25.9. The molecule has 1 aliphatic heterocycles. The summed E-state index contributed by atoms with van der Waals surface area (Å²) in [6.45, 7) is 13.1. The van der Waals surface area contributed by atoms with E-state index in [-0.39, 0.29) is 35.5 Å². The van der Waals surface area contributed by atoms with Gasteiger partial charge in [0.2, 0.25) is 11.8 Å². The Labute approximate surface area is 128 Å². The van der Waals surface area contributed by atoms with E-state index in [1.165, 1.54) is 0 Å². The van der Waals surface area contributed by atoms with Gasteiger partial charge in [-0.2, -0.15) is 0 Å². The van der Waals surface area contributed by atoms with Crippen LogP contribution in [0.15, 0.2) is 0 Å². The van der Waals surface area contributed by atoms with Gasteiger partial charge in [-0.15, -0.1) is 0 Å². The van der Waals surface area contributed by atoms with Gasteiger partial charge in [-0.3, -0.25) is 9.59 Å². The molecule has 1 heterocycles. The molecule has 0 aromatic carbocycles. The Kier molecular flexibility index (Phi) is 5.79. The average Bonchev–Trinajstić information content (AvgIpc) is 2.34. The molecule has 1 fully saturated rings. The molecular weight excluding hydrogens is 268 g/mol. The first-order valence-corrected chi connectivity index (χ1v) is 7.72. The van der Waals surface area contributed by atoms with Crippen molar-refractivity contribution in [1.82, 2.24) is 10.2 Å². The van der Waals surface area contributed by atoms with Gasteiger partial charge in [-0.25, -0.2) is 0 Å². The fraction of sp³-hybridized carbons (Fsp3) is 0.875. The zero-order chi connectivity index (χ0) is 16.3. The first kappa shape index (κ1) is 18.0. The maximum absolute atomic E-state index is 12.2. The zero-order valence-electron chi connectivity index (χ0n) is 14.3. The molecule has 1 saturated heterocycles. The fourth-order valence-corrected chi connectivity index (χ4v) is 2.25. The second-order valence-corrected chi connectivity index (χ2v) is 7.79. The highest BCUT2D eigenvalue weighted by molar-refractivity contribution is 5.81. The van der Waals surface area contributed by atoms with Crippen LogP contribution in [0.5, 0.6) is 0 Å². The Morgan fingerprint density at radius 2 is 1.62 bits per heavy atom. The fourth-order valence-electron chi connectivity index (χ4n) is 2.25. The second kappa shape index (κ2) is 6.77. The number of hydrogen-bond donors (Lipinski definition) is 1. The number of rotatable bonds is 3. The summed E-state index contributed by atoms with van der Waals surface area (Å²) in [5.74, 6) is 0.105. The van der Waals surface area contributed by atoms with Crippen LogP contribution in [-0.2, 0) is 14.3 Å². The molecule has 2 amide bonds. The summed E-state index contributed by atoms with van der Waals surface area (Å²) in [5, 5.41) is 2.99. The van der Waals surface area contributed by atoms with Gasteiger partial charge in [-0.05, 0) is 33.6 Å². The summed E-state index contributed by atoms with van der Waals surface area (Å²) in [7, 11) is 0. The van der Waals surface area contributed by atoms with Crippen LogP contribution in [0.2, 0.25) is 0 Å². The molecule has 0 radical (unpaired) electrons. The summed E-state index contributed by atoms with van der Waals surface area (Å²) in [6.07, 6.45) is 1.62. The number of hydrogen-bond acceptors (Lipinski definition) is 3. The summed E-state index contributed by atoms with van der Waals surface area (Å²) < 4.78 is 5.46. The average molecular weight is 298 g/mol. The number of carbonyl (C=O) groups excluding carboxylic acids is 2. The van der Waals surface area contributed by atoms with E-state index >= 15 is 0 Å². The predicted octanol–water partition coefficient (Wildman–Crippen LogP) is 1.95. The summed E-state index contributed by atoms with van der Waals surface area (Å²) in [5.41, 5.74) is -0.642. The molecule has 0 unspecified atom stereocenters. The van der Waals surface area contributed by atoms with Crippen molar-refractivity contribution >= 4 is 11.8 Å². The van der Waals surface area contributed by atoms with Gasteiger partial charge in [-0.1, -0.05) is 20.8 Å². The van der Waals surface area contributed by atoms with Gasteiger partial charge >= 0.3 is 0 Å². The van der Waals surface area contributed by atoms with Gasteiger partial charge in [0, 0.05) is 24.5 Å². The normalized spacial score (nSPS) is 17.7. The number of likely N-dealkylation sites (tertiary alicyclic amines) is 1. The highest BCUT2D eigenvalue weighted by Gasteiger charge is 2.30. The third kappa shape index (κ3) is 6.46. The summed E-state index contributed by atoms with van der Waals surface area (Å²) in [6, 6.07) is 0.144. The van der Waals surface area contributed by atoms with Crippen molar-refractivity contribution in [2.75, 3.05) is 19.7 Å². The molecular formula is C16H30N2O3. The lowest BCUT2D eigenvalue weighted by Gasteiger charge is -2.36. The molecule has 0 bridgehead atoms. The Hall–Kier alpha value is -1.10. The van der Waals surface area contributed by atoms with Crippen LogP contribution >= 0.6 is 0 Å². The van der Waals surface area contributed by atoms with E-state index in [0.29, 0.717) is 13.1 Å². The SMILES string of the molecule is CC(C)(C)OCC(=O)NC1CCN(C(=O)C(C)(C)C)CC1. The Morgan fingerprint density at radius 1 is 1.10 bits per heavy atom. The van der Waals surface area contributed by atoms with Crippen LogP contribution in [0.3, 0.4) is 0 Å². The Balaban J connectivity index is 2.34. The number of ether oxygens (including phenoxy) is 1. The molecule has 0 atom stereocenters. The van der Waals surface area contributed by atoms with E-state index in [1.54, 1.807) is 0 Å². The smallest absolute Gasteiger partial charge is 0.246 e. The number of nitrogens with zero attached hydrogens (tertiary/aromatic N) is 1. The highest BCUT2D eigenvalue weighted by atomic mass is 16.5. The highest BCUT2D eigenvalue weighted by Crippen LogP contribution is 2.21. The molecule has 5 heteroatoms. The van der Waals surface area contributed by atoms with Crippen LogP contribution < -0.4 is 5.32 Å². The molecule has 5 nitrogen and oxygen atoms in total. The number of nitrogens with one attached hydrogen (secondary N) is 1. The first-order valence-electron chi connectivity index (χ1n) is 7.72. The number of amides is 2. The zero-order valence-corrected chi connectivity index (χ0v) is 14.3. The lowest BCUT2D eigenvalue weighted by atomic mass is 9.93. The predicted molar refractivity (Wildman–Crippen MR) is 82.9 cm³/mol. The van der Waals surface area contributed by atoms with Gasteiger partial charge in [0.15, 0.2) is 0 Å². The second-order valence-electron chi connectivity index (χ2n) is 7.79. The molecule has 0 aliphatic carbocycles. The molecule has 1 rings (SSSR count). The van der Waals surface area contributed by atoms with Crippen LogP contribution in [0, 0.1) is 5.41 Å².